The molecule has 0 N–H and O–H groups in total. The van der Waals surface area contributed by atoms with Gasteiger partial charge in [-0.3, -0.25) is 0 Å². The normalized spacial score (nSPS) is 11.1. The van der Waals surface area contributed by atoms with Gasteiger partial charge in [0.25, 0.3) is 0 Å². The average Bonchev–Trinajstić information content (AvgIpc) is 2.75. The second-order valence-corrected chi connectivity index (χ2v) is 3.91. The van der Waals surface area contributed by atoms with E-state index < -0.39 is 11.6 Å². The Bertz CT molecular complexity index is 741. The van der Waals surface area contributed by atoms with Gasteiger partial charge in [0.15, 0.2) is 5.65 Å². The van der Waals surface area contributed by atoms with Crippen LogP contribution in [0.5, 0.6) is 0 Å². The number of nitrogens with zero attached hydrogens (tertiary/aromatic N) is 4. The standard InChI is InChI=1S/C11H5ClF2N4/c12-11-15-4-6-5-16-18(10(6)17-11)9-3-7(13)1-2-8(9)14/h1-5H. The number of aromatic nitrogens is 4. The van der Waals surface area contributed by atoms with E-state index in [1.54, 1.807) is 0 Å². The van der Waals surface area contributed by atoms with Crippen molar-refractivity contribution in [2.75, 3.05) is 0 Å². The molecule has 0 amide bonds. The van der Waals surface area contributed by atoms with Gasteiger partial charge in [0.05, 0.1) is 11.6 Å². The van der Waals surface area contributed by atoms with E-state index >= 15 is 0 Å². The van der Waals surface area contributed by atoms with E-state index in [0.29, 0.717) is 11.0 Å². The van der Waals surface area contributed by atoms with Gasteiger partial charge in [0.1, 0.15) is 17.3 Å². The molecule has 0 saturated carbocycles. The summed E-state index contributed by atoms with van der Waals surface area (Å²) >= 11 is 5.67. The average molecular weight is 267 g/mol. The van der Waals surface area contributed by atoms with Crippen molar-refractivity contribution >= 4 is 22.6 Å². The lowest BCUT2D eigenvalue weighted by Crippen LogP contribution is -2.01. The van der Waals surface area contributed by atoms with Gasteiger partial charge in [0, 0.05) is 12.3 Å². The molecule has 0 saturated heterocycles. The zero-order valence-electron chi connectivity index (χ0n) is 8.81. The first-order valence-corrected chi connectivity index (χ1v) is 5.34. The van der Waals surface area contributed by atoms with Gasteiger partial charge in [-0.25, -0.2) is 18.4 Å². The molecule has 0 atom stereocenters. The Morgan fingerprint density at radius 3 is 2.83 bits per heavy atom. The van der Waals surface area contributed by atoms with Crippen LogP contribution in [0, 0.1) is 11.6 Å². The summed E-state index contributed by atoms with van der Waals surface area (Å²) in [6.45, 7) is 0. The molecule has 1 aromatic carbocycles. The molecule has 0 aliphatic heterocycles. The van der Waals surface area contributed by atoms with Gasteiger partial charge in [0.2, 0.25) is 5.28 Å². The predicted octanol–water partition coefficient (Wildman–Crippen LogP) is 2.75. The number of rotatable bonds is 1. The molecule has 4 nitrogen and oxygen atoms in total. The third-order valence-electron chi connectivity index (χ3n) is 2.42. The third kappa shape index (κ3) is 1.70. The van der Waals surface area contributed by atoms with Crippen LogP contribution in [0.2, 0.25) is 5.28 Å². The van der Waals surface area contributed by atoms with E-state index in [1.165, 1.54) is 17.1 Å². The minimum atomic E-state index is -0.601. The summed E-state index contributed by atoms with van der Waals surface area (Å²) in [7, 11) is 0. The first kappa shape index (κ1) is 11.0. The molecule has 0 aliphatic rings. The molecule has 0 aliphatic carbocycles. The summed E-state index contributed by atoms with van der Waals surface area (Å²) < 4.78 is 28.0. The summed E-state index contributed by atoms with van der Waals surface area (Å²) in [5.74, 6) is -1.16. The molecule has 7 heteroatoms. The third-order valence-corrected chi connectivity index (χ3v) is 2.60. The minimum Gasteiger partial charge on any atom is -0.226 e. The van der Waals surface area contributed by atoms with Crippen LogP contribution in [0.25, 0.3) is 16.7 Å². The second-order valence-electron chi connectivity index (χ2n) is 3.57. The molecule has 0 radical (unpaired) electrons. The van der Waals surface area contributed by atoms with Crippen molar-refractivity contribution in [3.63, 3.8) is 0 Å². The van der Waals surface area contributed by atoms with E-state index in [9.17, 15) is 8.78 Å². The minimum absolute atomic E-state index is 0.0149. The Morgan fingerprint density at radius 2 is 2.00 bits per heavy atom. The molecule has 0 bridgehead atoms. The van der Waals surface area contributed by atoms with Crippen LogP contribution < -0.4 is 0 Å². The fraction of sp³-hybridized carbons (Fsp3) is 0. The van der Waals surface area contributed by atoms with Crippen molar-refractivity contribution in [1.29, 1.82) is 0 Å². The molecular weight excluding hydrogens is 262 g/mol. The largest absolute Gasteiger partial charge is 0.226 e. The van der Waals surface area contributed by atoms with Crippen molar-refractivity contribution in [1.82, 2.24) is 19.7 Å². The van der Waals surface area contributed by atoms with E-state index in [-0.39, 0.29) is 11.0 Å². The van der Waals surface area contributed by atoms with Crippen LogP contribution >= 0.6 is 11.6 Å². The molecular formula is C11H5ClF2N4. The van der Waals surface area contributed by atoms with Crippen LogP contribution in [0.3, 0.4) is 0 Å². The lowest BCUT2D eigenvalue weighted by Gasteiger charge is -2.04. The quantitative estimate of drug-likeness (QED) is 0.636. The molecule has 0 unspecified atom stereocenters. The summed E-state index contributed by atoms with van der Waals surface area (Å²) in [5.41, 5.74) is 0.291. The summed E-state index contributed by atoms with van der Waals surface area (Å²) in [5, 5.41) is 4.56. The SMILES string of the molecule is Fc1ccc(F)c(-n2ncc3cnc(Cl)nc32)c1. The van der Waals surface area contributed by atoms with Crippen LogP contribution in [-0.4, -0.2) is 19.7 Å². The van der Waals surface area contributed by atoms with Crippen LogP contribution in [0.15, 0.2) is 30.6 Å². The van der Waals surface area contributed by atoms with Gasteiger partial charge >= 0.3 is 0 Å². The first-order valence-electron chi connectivity index (χ1n) is 4.97. The maximum atomic E-state index is 13.7. The molecule has 18 heavy (non-hydrogen) atoms. The van der Waals surface area contributed by atoms with Gasteiger partial charge in [-0.05, 0) is 23.7 Å². The molecule has 3 aromatic rings. The number of hydrogen-bond acceptors (Lipinski definition) is 3. The Kier molecular flexibility index (Phi) is 2.45. The van der Waals surface area contributed by atoms with Gasteiger partial charge in [-0.1, -0.05) is 0 Å². The zero-order valence-corrected chi connectivity index (χ0v) is 9.57. The van der Waals surface area contributed by atoms with Gasteiger partial charge < -0.3 is 0 Å². The van der Waals surface area contributed by atoms with E-state index in [0.717, 1.165) is 18.2 Å². The summed E-state index contributed by atoms with van der Waals surface area (Å²) in [4.78, 5) is 7.74. The van der Waals surface area contributed by atoms with Crippen molar-refractivity contribution in [2.45, 2.75) is 0 Å². The Hall–Kier alpha value is -2.08. The highest BCUT2D eigenvalue weighted by Crippen LogP contribution is 2.20. The van der Waals surface area contributed by atoms with Crippen molar-refractivity contribution < 1.29 is 8.78 Å². The van der Waals surface area contributed by atoms with Crippen molar-refractivity contribution in [2.24, 2.45) is 0 Å². The Morgan fingerprint density at radius 1 is 1.17 bits per heavy atom. The van der Waals surface area contributed by atoms with E-state index in [1.807, 2.05) is 0 Å². The lowest BCUT2D eigenvalue weighted by atomic mass is 10.3. The Labute approximate surface area is 105 Å². The highest BCUT2D eigenvalue weighted by Gasteiger charge is 2.12. The number of hydrogen-bond donors (Lipinski definition) is 0. The van der Waals surface area contributed by atoms with Gasteiger partial charge in [-0.15, -0.1) is 0 Å². The maximum absolute atomic E-state index is 13.7. The first-order chi connectivity index (χ1) is 8.65. The predicted molar refractivity (Wildman–Crippen MR) is 61.6 cm³/mol. The number of halogens is 3. The van der Waals surface area contributed by atoms with Crippen molar-refractivity contribution in [3.05, 3.63) is 47.5 Å². The fourth-order valence-corrected chi connectivity index (χ4v) is 1.75. The molecule has 2 aromatic heterocycles. The smallest absolute Gasteiger partial charge is 0.224 e. The highest BCUT2D eigenvalue weighted by molar-refractivity contribution is 6.28. The zero-order chi connectivity index (χ0) is 12.7. The van der Waals surface area contributed by atoms with Crippen LogP contribution in [0.4, 0.5) is 8.78 Å². The monoisotopic (exact) mass is 266 g/mol. The number of fused-ring (bicyclic) bond motifs is 1. The Balaban J connectivity index is 2.31. The summed E-state index contributed by atoms with van der Waals surface area (Å²) in [6, 6.07) is 3.10. The second kappa shape index (κ2) is 3.99. The molecule has 0 fully saturated rings. The molecule has 0 spiro atoms. The summed E-state index contributed by atoms with van der Waals surface area (Å²) in [6.07, 6.45) is 2.92. The highest BCUT2D eigenvalue weighted by atomic mass is 35.5. The molecule has 90 valence electrons. The fourth-order valence-electron chi connectivity index (χ4n) is 1.62. The lowest BCUT2D eigenvalue weighted by molar-refractivity contribution is 0.588. The van der Waals surface area contributed by atoms with E-state index in [2.05, 4.69) is 15.1 Å². The maximum Gasteiger partial charge on any atom is 0.224 e. The molecule has 2 heterocycles. The topological polar surface area (TPSA) is 43.6 Å². The van der Waals surface area contributed by atoms with Crippen molar-refractivity contribution in [3.8, 4) is 5.69 Å². The van der Waals surface area contributed by atoms with Gasteiger partial charge in [-0.2, -0.15) is 10.1 Å². The van der Waals surface area contributed by atoms with Crippen LogP contribution in [0.1, 0.15) is 0 Å². The van der Waals surface area contributed by atoms with E-state index in [4.69, 9.17) is 11.6 Å². The van der Waals surface area contributed by atoms with Crippen LogP contribution in [-0.2, 0) is 0 Å². The number of benzene rings is 1. The molecule has 3 rings (SSSR count).